The number of hydrogen-bond acceptors (Lipinski definition) is 5. The highest BCUT2D eigenvalue weighted by Gasteiger charge is 2.19. The Morgan fingerprint density at radius 2 is 1.95 bits per heavy atom. The number of anilines is 1. The van der Waals surface area contributed by atoms with Gasteiger partial charge in [-0.15, -0.1) is 0 Å². The molecule has 1 fully saturated rings. The lowest BCUT2D eigenvalue weighted by Gasteiger charge is -2.34. The molecule has 1 aliphatic rings. The van der Waals surface area contributed by atoms with Gasteiger partial charge in [0, 0.05) is 26.2 Å². The molecule has 0 amide bonds. The highest BCUT2D eigenvalue weighted by molar-refractivity contribution is 7.22. The first-order valence-electron chi connectivity index (χ1n) is 6.90. The van der Waals surface area contributed by atoms with Crippen LogP contribution in [0.2, 0.25) is 0 Å². The summed E-state index contributed by atoms with van der Waals surface area (Å²) in [5.41, 5.74) is 6.68. The summed E-state index contributed by atoms with van der Waals surface area (Å²) in [6, 6.07) is 8.37. The summed E-state index contributed by atoms with van der Waals surface area (Å²) >= 11 is 1.80. The van der Waals surface area contributed by atoms with Gasteiger partial charge in [-0.05, 0) is 31.6 Å². The third kappa shape index (κ3) is 2.88. The van der Waals surface area contributed by atoms with E-state index in [1.807, 2.05) is 0 Å². The summed E-state index contributed by atoms with van der Waals surface area (Å²) in [5, 5.41) is 1.17. The molecule has 0 spiro atoms. The zero-order chi connectivity index (χ0) is 13.1. The van der Waals surface area contributed by atoms with E-state index in [1.54, 1.807) is 11.3 Å². The third-order valence-corrected chi connectivity index (χ3v) is 4.70. The number of aromatic nitrogens is 1. The van der Waals surface area contributed by atoms with Crippen molar-refractivity contribution in [1.82, 2.24) is 9.88 Å². The van der Waals surface area contributed by atoms with Gasteiger partial charge in [-0.1, -0.05) is 23.5 Å². The third-order valence-electron chi connectivity index (χ3n) is 3.60. The fraction of sp³-hybridized carbons (Fsp3) is 0.500. The van der Waals surface area contributed by atoms with E-state index < -0.39 is 0 Å². The molecule has 1 saturated heterocycles. The average molecular weight is 276 g/mol. The summed E-state index contributed by atoms with van der Waals surface area (Å²) in [4.78, 5) is 9.63. The molecule has 2 heterocycles. The van der Waals surface area contributed by atoms with Crippen molar-refractivity contribution < 1.29 is 0 Å². The monoisotopic (exact) mass is 276 g/mol. The molecular formula is C14H20N4S. The van der Waals surface area contributed by atoms with Crippen LogP contribution in [0, 0.1) is 0 Å². The minimum Gasteiger partial charge on any atom is -0.345 e. The molecule has 0 atom stereocenters. The number of benzene rings is 1. The van der Waals surface area contributed by atoms with Crippen molar-refractivity contribution >= 4 is 26.7 Å². The van der Waals surface area contributed by atoms with Crippen molar-refractivity contribution in [2.45, 2.75) is 6.42 Å². The zero-order valence-corrected chi connectivity index (χ0v) is 11.9. The number of rotatable bonds is 4. The van der Waals surface area contributed by atoms with E-state index in [4.69, 9.17) is 10.7 Å². The van der Waals surface area contributed by atoms with Gasteiger partial charge in [0.05, 0.1) is 10.2 Å². The van der Waals surface area contributed by atoms with Gasteiger partial charge in [-0.3, -0.25) is 4.90 Å². The van der Waals surface area contributed by atoms with Crippen molar-refractivity contribution in [2.24, 2.45) is 5.73 Å². The molecule has 0 bridgehead atoms. The maximum atomic E-state index is 5.56. The predicted octanol–water partition coefficient (Wildman–Crippen LogP) is 1.77. The van der Waals surface area contributed by atoms with Crippen LogP contribution in [-0.2, 0) is 0 Å². The molecule has 102 valence electrons. The lowest BCUT2D eigenvalue weighted by atomic mass is 10.3. The van der Waals surface area contributed by atoms with Crippen LogP contribution in [0.1, 0.15) is 6.42 Å². The molecular weight excluding hydrogens is 256 g/mol. The molecule has 0 radical (unpaired) electrons. The zero-order valence-electron chi connectivity index (χ0n) is 11.1. The number of thiazole rings is 1. The van der Waals surface area contributed by atoms with Crippen LogP contribution >= 0.6 is 11.3 Å². The van der Waals surface area contributed by atoms with Gasteiger partial charge in [-0.25, -0.2) is 4.98 Å². The quantitative estimate of drug-likeness (QED) is 0.924. The first-order chi connectivity index (χ1) is 9.36. The fourth-order valence-corrected chi connectivity index (χ4v) is 3.49. The maximum Gasteiger partial charge on any atom is 0.186 e. The number of fused-ring (bicyclic) bond motifs is 1. The molecule has 0 unspecified atom stereocenters. The van der Waals surface area contributed by atoms with Crippen molar-refractivity contribution in [3.05, 3.63) is 24.3 Å². The van der Waals surface area contributed by atoms with E-state index in [9.17, 15) is 0 Å². The van der Waals surface area contributed by atoms with Gasteiger partial charge < -0.3 is 10.6 Å². The highest BCUT2D eigenvalue weighted by atomic mass is 32.1. The first kappa shape index (κ1) is 12.8. The fourth-order valence-electron chi connectivity index (χ4n) is 2.47. The molecule has 0 aliphatic carbocycles. The number of piperazine rings is 1. The maximum absolute atomic E-state index is 5.56. The normalized spacial score (nSPS) is 17.2. The summed E-state index contributed by atoms with van der Waals surface area (Å²) < 4.78 is 1.28. The minimum absolute atomic E-state index is 0.790. The number of para-hydroxylation sites is 1. The molecule has 1 aromatic heterocycles. The Labute approximate surface area is 117 Å². The molecule has 2 aromatic rings. The topological polar surface area (TPSA) is 45.4 Å². The van der Waals surface area contributed by atoms with Crippen LogP contribution in [0.5, 0.6) is 0 Å². The molecule has 1 aromatic carbocycles. The second-order valence-corrected chi connectivity index (χ2v) is 5.94. The van der Waals surface area contributed by atoms with E-state index >= 15 is 0 Å². The van der Waals surface area contributed by atoms with Crippen LogP contribution in [0.3, 0.4) is 0 Å². The SMILES string of the molecule is NCCCN1CCN(c2nc3ccccc3s2)CC1. The van der Waals surface area contributed by atoms with Gasteiger partial charge in [-0.2, -0.15) is 0 Å². The minimum atomic E-state index is 0.790. The van der Waals surface area contributed by atoms with E-state index in [-0.39, 0.29) is 0 Å². The second kappa shape index (κ2) is 5.86. The van der Waals surface area contributed by atoms with Crippen molar-refractivity contribution in [3.63, 3.8) is 0 Å². The van der Waals surface area contributed by atoms with Gasteiger partial charge >= 0.3 is 0 Å². The van der Waals surface area contributed by atoms with Crippen LogP contribution in [0.4, 0.5) is 5.13 Å². The number of nitrogens with two attached hydrogens (primary N) is 1. The van der Waals surface area contributed by atoms with Gasteiger partial charge in [0.15, 0.2) is 5.13 Å². The van der Waals surface area contributed by atoms with Gasteiger partial charge in [0.2, 0.25) is 0 Å². The molecule has 0 saturated carbocycles. The van der Waals surface area contributed by atoms with Crippen LogP contribution in [0.15, 0.2) is 24.3 Å². The molecule has 3 rings (SSSR count). The van der Waals surface area contributed by atoms with E-state index in [0.29, 0.717) is 0 Å². The van der Waals surface area contributed by atoms with Crippen molar-refractivity contribution in [1.29, 1.82) is 0 Å². The smallest absolute Gasteiger partial charge is 0.186 e. The van der Waals surface area contributed by atoms with Gasteiger partial charge in [0.25, 0.3) is 0 Å². The molecule has 4 nitrogen and oxygen atoms in total. The lowest BCUT2D eigenvalue weighted by molar-refractivity contribution is 0.256. The molecule has 19 heavy (non-hydrogen) atoms. The summed E-state index contributed by atoms with van der Waals surface area (Å²) in [6.45, 7) is 6.31. The largest absolute Gasteiger partial charge is 0.345 e. The summed E-state index contributed by atoms with van der Waals surface area (Å²) in [5.74, 6) is 0. The Morgan fingerprint density at radius 1 is 1.16 bits per heavy atom. The Hall–Kier alpha value is -1.17. The van der Waals surface area contributed by atoms with Crippen LogP contribution < -0.4 is 10.6 Å². The predicted molar refractivity (Wildman–Crippen MR) is 81.9 cm³/mol. The van der Waals surface area contributed by atoms with Crippen molar-refractivity contribution in [2.75, 3.05) is 44.2 Å². The summed E-state index contributed by atoms with van der Waals surface area (Å²) in [7, 11) is 0. The van der Waals surface area contributed by atoms with Crippen molar-refractivity contribution in [3.8, 4) is 0 Å². The molecule has 2 N–H and O–H groups in total. The summed E-state index contributed by atoms with van der Waals surface area (Å²) in [6.07, 6.45) is 1.10. The lowest BCUT2D eigenvalue weighted by Crippen LogP contribution is -2.46. The van der Waals surface area contributed by atoms with Crippen LogP contribution in [-0.4, -0.2) is 49.2 Å². The molecule has 1 aliphatic heterocycles. The Morgan fingerprint density at radius 3 is 2.68 bits per heavy atom. The average Bonchev–Trinajstić information content (AvgIpc) is 2.89. The number of nitrogens with zero attached hydrogens (tertiary/aromatic N) is 3. The standard InChI is InChI=1S/C14H20N4S/c15-6-3-7-17-8-10-18(11-9-17)14-16-12-4-1-2-5-13(12)19-14/h1-2,4-5H,3,6-11,15H2. The van der Waals surface area contributed by atoms with E-state index in [1.165, 1.54) is 9.83 Å². The first-order valence-corrected chi connectivity index (χ1v) is 7.71. The van der Waals surface area contributed by atoms with E-state index in [0.717, 1.165) is 51.2 Å². The van der Waals surface area contributed by atoms with Crippen LogP contribution in [0.25, 0.3) is 10.2 Å². The Balaban J connectivity index is 1.64. The highest BCUT2D eigenvalue weighted by Crippen LogP contribution is 2.28. The second-order valence-electron chi connectivity index (χ2n) is 4.94. The number of hydrogen-bond donors (Lipinski definition) is 1. The molecule has 5 heteroatoms. The Bertz CT molecular complexity index is 498. The Kier molecular flexibility index (Phi) is 3.96. The van der Waals surface area contributed by atoms with Gasteiger partial charge in [0.1, 0.15) is 0 Å². The van der Waals surface area contributed by atoms with E-state index in [2.05, 4.69) is 34.1 Å².